The molecule has 0 bridgehead atoms. The Bertz CT molecular complexity index is 34.5. The lowest BCUT2D eigenvalue weighted by molar-refractivity contribution is 0.321. The molecule has 0 aromatic rings. The number of halogens is 1. The van der Waals surface area contributed by atoms with Gasteiger partial charge in [-0.1, -0.05) is 20.8 Å². The molecule has 0 rings (SSSR count). The van der Waals surface area contributed by atoms with E-state index in [0.717, 1.165) is 0 Å². The van der Waals surface area contributed by atoms with E-state index < -0.39 is 0 Å². The van der Waals surface area contributed by atoms with Crippen molar-refractivity contribution in [3.05, 3.63) is 0 Å². The molecule has 0 aromatic carbocycles. The predicted molar refractivity (Wildman–Crippen MR) is 45.9 cm³/mol. The molecule has 0 fully saturated rings. The van der Waals surface area contributed by atoms with Crippen LogP contribution in [0.5, 0.6) is 0 Å². The van der Waals surface area contributed by atoms with Gasteiger partial charge in [-0.05, 0) is 19.6 Å². The molecule has 0 unspecified atom stereocenters. The molecule has 0 aromatic heterocycles. The van der Waals surface area contributed by atoms with Gasteiger partial charge in [-0.3, -0.25) is 4.70 Å². The lowest BCUT2D eigenvalue weighted by atomic mass is 10.5. The molecule has 1 nitrogen and oxygen atoms in total. The van der Waals surface area contributed by atoms with Gasteiger partial charge >= 0.3 is 0 Å². The highest BCUT2D eigenvalue weighted by molar-refractivity contribution is 5.75. The first-order valence-electron chi connectivity index (χ1n) is 3.07. The van der Waals surface area contributed by atoms with Gasteiger partial charge in [0, 0.05) is 0 Å². The number of hydrogen-bond donors (Lipinski definition) is 0. The minimum atomic E-state index is 0. The van der Waals surface area contributed by atoms with Crippen molar-refractivity contribution in [1.29, 1.82) is 0 Å². The fourth-order valence-electron chi connectivity index (χ4n) is 0.671. The Morgan fingerprint density at radius 3 is 1.11 bits per heavy atom. The molecule has 0 atom stereocenters. The van der Waals surface area contributed by atoms with E-state index in [1.54, 1.807) is 0 Å². The van der Waals surface area contributed by atoms with Crippen LogP contribution in [0.4, 0.5) is 4.70 Å². The second kappa shape index (κ2) is 10.9. The van der Waals surface area contributed by atoms with E-state index >= 15 is 0 Å². The quantitative estimate of drug-likeness (QED) is 0.503. The first kappa shape index (κ1) is 16.0. The molecular formula is C6H19BFN. The lowest BCUT2D eigenvalue weighted by Crippen LogP contribution is -2.21. The SMILES string of the molecule is B.CCN(CC)CC.F. The maximum absolute atomic E-state index is 2.38. The van der Waals surface area contributed by atoms with Crippen LogP contribution in [-0.2, 0) is 0 Å². The summed E-state index contributed by atoms with van der Waals surface area (Å²) in [6.07, 6.45) is 0. The van der Waals surface area contributed by atoms with Crippen molar-refractivity contribution in [1.82, 2.24) is 4.90 Å². The van der Waals surface area contributed by atoms with Crippen molar-refractivity contribution in [2.24, 2.45) is 0 Å². The van der Waals surface area contributed by atoms with E-state index in [9.17, 15) is 0 Å². The third kappa shape index (κ3) is 7.95. The highest BCUT2D eigenvalue weighted by atomic mass is 19.0. The summed E-state index contributed by atoms with van der Waals surface area (Å²) in [5.41, 5.74) is 0. The number of nitrogens with zero attached hydrogens (tertiary/aromatic N) is 1. The lowest BCUT2D eigenvalue weighted by Gasteiger charge is -2.13. The van der Waals surface area contributed by atoms with E-state index in [4.69, 9.17) is 0 Å². The third-order valence-corrected chi connectivity index (χ3v) is 1.34. The minimum absolute atomic E-state index is 0. The second-order valence-corrected chi connectivity index (χ2v) is 1.62. The second-order valence-electron chi connectivity index (χ2n) is 1.62. The van der Waals surface area contributed by atoms with Crippen molar-refractivity contribution in [2.45, 2.75) is 20.8 Å². The van der Waals surface area contributed by atoms with E-state index in [-0.39, 0.29) is 13.1 Å². The van der Waals surface area contributed by atoms with Crippen molar-refractivity contribution >= 4 is 8.41 Å². The first-order chi connectivity index (χ1) is 3.35. The summed E-state index contributed by atoms with van der Waals surface area (Å²) in [4.78, 5) is 2.38. The number of rotatable bonds is 3. The molecule has 0 spiro atoms. The topological polar surface area (TPSA) is 3.24 Å². The molecule has 0 saturated heterocycles. The summed E-state index contributed by atoms with van der Waals surface area (Å²) in [7, 11) is 0. The fraction of sp³-hybridized carbons (Fsp3) is 1.00. The summed E-state index contributed by atoms with van der Waals surface area (Å²) in [6, 6.07) is 0. The van der Waals surface area contributed by atoms with Crippen LogP contribution in [0.1, 0.15) is 20.8 Å². The Morgan fingerprint density at radius 2 is 1.11 bits per heavy atom. The van der Waals surface area contributed by atoms with Gasteiger partial charge in [-0.25, -0.2) is 0 Å². The smallest absolute Gasteiger partial charge is 0.0814 e. The van der Waals surface area contributed by atoms with Gasteiger partial charge in [0.15, 0.2) is 0 Å². The maximum atomic E-state index is 2.38. The zero-order chi connectivity index (χ0) is 5.70. The van der Waals surface area contributed by atoms with Crippen LogP contribution in [0, 0.1) is 0 Å². The Hall–Kier alpha value is -0.0451. The Kier molecular flexibility index (Phi) is 19.3. The highest BCUT2D eigenvalue weighted by Crippen LogP contribution is 1.81. The van der Waals surface area contributed by atoms with E-state index in [0.29, 0.717) is 0 Å². The Balaban J connectivity index is -0.000000180. The van der Waals surface area contributed by atoms with Crippen molar-refractivity contribution < 1.29 is 4.70 Å². The Morgan fingerprint density at radius 1 is 0.889 bits per heavy atom. The summed E-state index contributed by atoms with van der Waals surface area (Å²) >= 11 is 0. The molecule has 0 saturated carbocycles. The minimum Gasteiger partial charge on any atom is -0.304 e. The molecule has 0 radical (unpaired) electrons. The van der Waals surface area contributed by atoms with Crippen LogP contribution in [-0.4, -0.2) is 32.9 Å². The van der Waals surface area contributed by atoms with Gasteiger partial charge in [0.1, 0.15) is 0 Å². The van der Waals surface area contributed by atoms with Gasteiger partial charge in [-0.2, -0.15) is 0 Å². The van der Waals surface area contributed by atoms with Crippen LogP contribution in [0.2, 0.25) is 0 Å². The third-order valence-electron chi connectivity index (χ3n) is 1.34. The average molecular weight is 135 g/mol. The summed E-state index contributed by atoms with van der Waals surface area (Å²) in [5.74, 6) is 0. The molecule has 0 N–H and O–H groups in total. The molecule has 58 valence electrons. The molecule has 3 heteroatoms. The first-order valence-corrected chi connectivity index (χ1v) is 3.07. The van der Waals surface area contributed by atoms with Crippen LogP contribution in [0.15, 0.2) is 0 Å². The monoisotopic (exact) mass is 135 g/mol. The molecule has 9 heavy (non-hydrogen) atoms. The van der Waals surface area contributed by atoms with Crippen molar-refractivity contribution in [2.75, 3.05) is 19.6 Å². The predicted octanol–water partition coefficient (Wildman–Crippen LogP) is 0.317. The maximum Gasteiger partial charge on any atom is 0.0814 e. The van der Waals surface area contributed by atoms with E-state index in [2.05, 4.69) is 25.7 Å². The Labute approximate surface area is 59.4 Å². The van der Waals surface area contributed by atoms with Crippen molar-refractivity contribution in [3.8, 4) is 0 Å². The molecule has 0 aliphatic carbocycles. The largest absolute Gasteiger partial charge is 0.304 e. The van der Waals surface area contributed by atoms with Crippen LogP contribution in [0.25, 0.3) is 0 Å². The van der Waals surface area contributed by atoms with Gasteiger partial charge < -0.3 is 4.90 Å². The highest BCUT2D eigenvalue weighted by Gasteiger charge is 1.89. The summed E-state index contributed by atoms with van der Waals surface area (Å²) < 4.78 is 0. The molecular weight excluding hydrogens is 116 g/mol. The molecule has 0 aliphatic heterocycles. The summed E-state index contributed by atoms with van der Waals surface area (Å²) in [5, 5.41) is 0. The van der Waals surface area contributed by atoms with Gasteiger partial charge in [0.25, 0.3) is 0 Å². The zero-order valence-electron chi connectivity index (χ0n) is 5.98. The summed E-state index contributed by atoms with van der Waals surface area (Å²) in [6.45, 7) is 10.1. The van der Waals surface area contributed by atoms with E-state index in [1.165, 1.54) is 19.6 Å². The zero-order valence-corrected chi connectivity index (χ0v) is 5.98. The molecule has 0 aliphatic rings. The van der Waals surface area contributed by atoms with Crippen LogP contribution < -0.4 is 0 Å². The number of hydrogen-bond acceptors (Lipinski definition) is 1. The normalized spacial score (nSPS) is 8.00. The average Bonchev–Trinajstić information content (AvgIpc) is 1.72. The van der Waals surface area contributed by atoms with Crippen molar-refractivity contribution in [3.63, 3.8) is 0 Å². The molecule has 0 heterocycles. The molecule has 0 amide bonds. The fourth-order valence-corrected chi connectivity index (χ4v) is 0.671. The standard InChI is InChI=1S/C6H15N.BH3.FH/c1-4-7(5-2)6-3;;/h4-6H2,1-3H3;1H3;1H. The van der Waals surface area contributed by atoms with E-state index in [1.807, 2.05) is 0 Å². The van der Waals surface area contributed by atoms with Gasteiger partial charge in [0.05, 0.1) is 8.41 Å². The van der Waals surface area contributed by atoms with Gasteiger partial charge in [0.2, 0.25) is 0 Å². The van der Waals surface area contributed by atoms with Crippen LogP contribution in [0.3, 0.4) is 0 Å². The van der Waals surface area contributed by atoms with Crippen LogP contribution >= 0.6 is 0 Å². The van der Waals surface area contributed by atoms with Gasteiger partial charge in [-0.15, -0.1) is 0 Å².